The van der Waals surface area contributed by atoms with Crippen molar-refractivity contribution in [3.05, 3.63) is 0 Å². The van der Waals surface area contributed by atoms with Crippen LogP contribution in [0.5, 0.6) is 0 Å². The molecule has 0 aromatic carbocycles. The summed E-state index contributed by atoms with van der Waals surface area (Å²) in [5.74, 6) is 4.99. The minimum Gasteiger partial charge on any atom is -0.232 e. The molecule has 1 rings (SSSR count). The molecule has 0 amide bonds. The lowest BCUT2D eigenvalue weighted by Gasteiger charge is -1.81. The fourth-order valence-corrected chi connectivity index (χ4v) is 0.283. The van der Waals surface area contributed by atoms with Crippen LogP contribution >= 0.6 is 0 Å². The van der Waals surface area contributed by atoms with Gasteiger partial charge >= 0.3 is 0 Å². The normalized spacial score (nSPS) is 16.0. The van der Waals surface area contributed by atoms with Gasteiger partial charge in [-0.25, -0.2) is 9.98 Å². The highest BCUT2D eigenvalue weighted by Crippen LogP contribution is 1.70. The molecule has 0 bridgehead atoms. The summed E-state index contributed by atoms with van der Waals surface area (Å²) in [5.41, 5.74) is 0. The highest BCUT2D eigenvalue weighted by Gasteiger charge is 1.75. The Hall–Kier alpha value is -0.840. The largest absolute Gasteiger partial charge is 0.232 e. The van der Waals surface area contributed by atoms with Crippen molar-refractivity contribution in [2.45, 2.75) is 0 Å². The van der Waals surface area contributed by atoms with E-state index in [9.17, 15) is 0 Å². The lowest BCUT2D eigenvalue weighted by Crippen LogP contribution is -1.87. The fraction of sp³-hybridized carbons (Fsp3) is 0.500. The molecule has 1 heterocycles. The zero-order valence-electron chi connectivity index (χ0n) is 3.31. The molecule has 0 unspecified atom stereocenters. The van der Waals surface area contributed by atoms with Crippen LogP contribution in [0.4, 0.5) is 0 Å². The summed E-state index contributed by atoms with van der Waals surface area (Å²) < 4.78 is 0. The van der Waals surface area contributed by atoms with Crippen molar-refractivity contribution in [3.63, 3.8) is 0 Å². The Labute approximate surface area is 35.9 Å². The first-order chi connectivity index (χ1) is 3.00. The van der Waals surface area contributed by atoms with Gasteiger partial charge < -0.3 is 0 Å². The minimum atomic E-state index is 0.785. The lowest BCUT2D eigenvalue weighted by atomic mass is 10.6. The lowest BCUT2D eigenvalue weighted by molar-refractivity contribution is 0.982. The zero-order chi connectivity index (χ0) is 4.24. The average Bonchev–Trinajstić information content (AvgIpc) is 1.72. The minimum absolute atomic E-state index is 0.785. The van der Waals surface area contributed by atoms with Gasteiger partial charge in [0, 0.05) is 0 Å². The Kier molecular flexibility index (Phi) is 0.872. The molecule has 2 nitrogen and oxygen atoms in total. The Morgan fingerprint density at radius 1 is 1.00 bits per heavy atom. The van der Waals surface area contributed by atoms with Gasteiger partial charge in [-0.05, 0) is 0 Å². The molecule has 6 heavy (non-hydrogen) atoms. The molecule has 0 fully saturated rings. The van der Waals surface area contributed by atoms with Gasteiger partial charge in [0.1, 0.15) is 0 Å². The third kappa shape index (κ3) is 0.554. The standard InChI is InChI=1S/C4H4N2/c1-2-6-4-3-5-1/h1-2H2. The van der Waals surface area contributed by atoms with Crippen molar-refractivity contribution in [2.75, 3.05) is 13.1 Å². The van der Waals surface area contributed by atoms with Crippen LogP contribution in [0.3, 0.4) is 0 Å². The molecule has 0 atom stereocenters. The Morgan fingerprint density at radius 3 is 1.67 bits per heavy atom. The predicted octanol–water partition coefficient (Wildman–Crippen LogP) is -0.104. The molecule has 0 saturated carbocycles. The van der Waals surface area contributed by atoms with E-state index < -0.39 is 0 Å². The van der Waals surface area contributed by atoms with Crippen molar-refractivity contribution in [1.82, 2.24) is 0 Å². The summed E-state index contributed by atoms with van der Waals surface area (Å²) >= 11 is 0. The van der Waals surface area contributed by atoms with Gasteiger partial charge in [0.05, 0.1) is 24.8 Å². The molecule has 1 aliphatic heterocycles. The van der Waals surface area contributed by atoms with Crippen LogP contribution in [0.1, 0.15) is 0 Å². The van der Waals surface area contributed by atoms with Crippen molar-refractivity contribution in [1.29, 1.82) is 0 Å². The Balaban J connectivity index is 2.88. The number of hydrogen-bond donors (Lipinski definition) is 0. The van der Waals surface area contributed by atoms with Crippen LogP contribution in [0.25, 0.3) is 0 Å². The maximum atomic E-state index is 3.72. The first-order valence-electron chi connectivity index (χ1n) is 1.83. The zero-order valence-corrected chi connectivity index (χ0v) is 3.31. The first kappa shape index (κ1) is 3.35. The maximum Gasteiger partial charge on any atom is 0.0695 e. The van der Waals surface area contributed by atoms with Crippen LogP contribution in [0, 0.1) is 0 Å². The molecule has 0 radical (unpaired) electrons. The molecule has 0 aromatic heterocycles. The average molecular weight is 80.1 g/mol. The van der Waals surface area contributed by atoms with E-state index in [4.69, 9.17) is 0 Å². The van der Waals surface area contributed by atoms with Gasteiger partial charge in [-0.1, -0.05) is 0 Å². The van der Waals surface area contributed by atoms with E-state index in [1.807, 2.05) is 0 Å². The van der Waals surface area contributed by atoms with E-state index in [0.717, 1.165) is 13.1 Å². The topological polar surface area (TPSA) is 24.7 Å². The van der Waals surface area contributed by atoms with Crippen molar-refractivity contribution in [3.8, 4) is 0 Å². The number of rotatable bonds is 0. The quantitative estimate of drug-likeness (QED) is 0.388. The van der Waals surface area contributed by atoms with Gasteiger partial charge in [0.25, 0.3) is 0 Å². The van der Waals surface area contributed by atoms with Crippen LogP contribution in [-0.4, -0.2) is 24.8 Å². The van der Waals surface area contributed by atoms with Crippen molar-refractivity contribution in [2.24, 2.45) is 9.98 Å². The van der Waals surface area contributed by atoms with Crippen molar-refractivity contribution < 1.29 is 0 Å². The summed E-state index contributed by atoms with van der Waals surface area (Å²) in [7, 11) is 0. The molecular formula is C4H4N2. The Morgan fingerprint density at radius 2 is 1.50 bits per heavy atom. The van der Waals surface area contributed by atoms with E-state index in [2.05, 4.69) is 21.7 Å². The molecular weight excluding hydrogens is 76.1 g/mol. The fourth-order valence-electron chi connectivity index (χ4n) is 0.283. The van der Waals surface area contributed by atoms with Crippen LogP contribution in [-0.2, 0) is 0 Å². The summed E-state index contributed by atoms with van der Waals surface area (Å²) in [6, 6.07) is 0. The molecule has 2 heteroatoms. The molecule has 0 aliphatic carbocycles. The van der Waals surface area contributed by atoms with Crippen LogP contribution < -0.4 is 0 Å². The molecule has 0 spiro atoms. The maximum absolute atomic E-state index is 3.72. The summed E-state index contributed by atoms with van der Waals surface area (Å²) in [6.45, 7) is 1.57. The van der Waals surface area contributed by atoms with E-state index in [1.165, 1.54) is 0 Å². The molecule has 1 aliphatic rings. The van der Waals surface area contributed by atoms with E-state index in [0.29, 0.717) is 0 Å². The number of hydrogen-bond acceptors (Lipinski definition) is 2. The van der Waals surface area contributed by atoms with E-state index >= 15 is 0 Å². The third-order valence-corrected chi connectivity index (χ3v) is 0.532. The predicted molar refractivity (Wildman–Crippen MR) is 24.6 cm³/mol. The van der Waals surface area contributed by atoms with Crippen LogP contribution in [0.2, 0.25) is 0 Å². The molecule has 0 aromatic rings. The van der Waals surface area contributed by atoms with Gasteiger partial charge in [-0.2, -0.15) is 0 Å². The van der Waals surface area contributed by atoms with Gasteiger partial charge in [0.2, 0.25) is 0 Å². The van der Waals surface area contributed by atoms with E-state index in [-0.39, 0.29) is 0 Å². The highest BCUT2D eigenvalue weighted by molar-refractivity contribution is 5.88. The smallest absolute Gasteiger partial charge is 0.0695 e. The number of nitrogens with zero attached hydrogens (tertiary/aromatic N) is 2. The second kappa shape index (κ2) is 1.56. The van der Waals surface area contributed by atoms with Crippen molar-refractivity contribution >= 4 is 11.7 Å². The molecule has 0 saturated heterocycles. The summed E-state index contributed by atoms with van der Waals surface area (Å²) in [4.78, 5) is 7.44. The molecule has 30 valence electrons. The SMILES string of the molecule is C1=C=NCCN=1. The first-order valence-corrected chi connectivity index (χ1v) is 1.83. The second-order valence-electron chi connectivity index (χ2n) is 0.987. The summed E-state index contributed by atoms with van der Waals surface area (Å²) in [6.07, 6.45) is 0. The van der Waals surface area contributed by atoms with Gasteiger partial charge in [0.15, 0.2) is 0 Å². The molecule has 0 N–H and O–H groups in total. The highest BCUT2D eigenvalue weighted by atomic mass is 14.8. The van der Waals surface area contributed by atoms with Gasteiger partial charge in [-0.3, -0.25) is 0 Å². The van der Waals surface area contributed by atoms with Gasteiger partial charge in [-0.15, -0.1) is 0 Å². The van der Waals surface area contributed by atoms with Crippen LogP contribution in [0.15, 0.2) is 9.98 Å². The summed E-state index contributed by atoms with van der Waals surface area (Å²) in [5, 5.41) is 0. The second-order valence-corrected chi connectivity index (χ2v) is 0.987. The van der Waals surface area contributed by atoms with E-state index in [1.54, 1.807) is 0 Å². The Bertz CT molecular complexity index is 108. The third-order valence-electron chi connectivity index (χ3n) is 0.532. The monoisotopic (exact) mass is 80.0 g/mol. The number of aliphatic imine (C=N–C) groups is 2.